The first-order valence-electron chi connectivity index (χ1n) is 10.1. The van der Waals surface area contributed by atoms with Gasteiger partial charge in [-0.3, -0.25) is 14.4 Å². The molecule has 4 aliphatic rings. The minimum Gasteiger partial charge on any atom is -0.461 e. The van der Waals surface area contributed by atoms with Crippen LogP contribution in [0.15, 0.2) is 0 Å². The van der Waals surface area contributed by atoms with Crippen molar-refractivity contribution >= 4 is 18.4 Å². The maximum Gasteiger partial charge on any atom is 0.311 e. The van der Waals surface area contributed by atoms with Crippen molar-refractivity contribution in [3.63, 3.8) is 0 Å². The lowest BCUT2D eigenvalue weighted by molar-refractivity contribution is -0.186. The van der Waals surface area contributed by atoms with Crippen LogP contribution in [0.4, 0.5) is 0 Å². The fraction of sp³-hybridized carbons (Fsp3) is 0.850. The van der Waals surface area contributed by atoms with Gasteiger partial charge >= 0.3 is 11.9 Å². The van der Waals surface area contributed by atoms with E-state index in [0.29, 0.717) is 0 Å². The molecule has 1 spiro atoms. The van der Waals surface area contributed by atoms with Gasteiger partial charge in [-0.2, -0.15) is 0 Å². The molecule has 1 saturated carbocycles. The van der Waals surface area contributed by atoms with E-state index in [4.69, 9.17) is 18.9 Å². The summed E-state index contributed by atoms with van der Waals surface area (Å²) in [6.45, 7) is 7.02. The molecule has 0 radical (unpaired) electrons. The highest BCUT2D eigenvalue weighted by Gasteiger charge is 2.84. The van der Waals surface area contributed by atoms with Gasteiger partial charge < -0.3 is 34.3 Å². The average Bonchev–Trinajstić information content (AvgIpc) is 3.27. The number of hydrogen-bond donors (Lipinski definition) is 3. The largest absolute Gasteiger partial charge is 0.461 e. The van der Waals surface area contributed by atoms with Gasteiger partial charge in [0.15, 0.2) is 6.10 Å². The smallest absolute Gasteiger partial charge is 0.311 e. The van der Waals surface area contributed by atoms with Crippen molar-refractivity contribution in [1.82, 2.24) is 0 Å². The predicted octanol–water partition coefficient (Wildman–Crippen LogP) is -0.876. The van der Waals surface area contributed by atoms with E-state index in [9.17, 15) is 29.7 Å². The van der Waals surface area contributed by atoms with Crippen molar-refractivity contribution in [2.45, 2.75) is 70.9 Å². The van der Waals surface area contributed by atoms with E-state index >= 15 is 0 Å². The van der Waals surface area contributed by atoms with Crippen LogP contribution in [0.5, 0.6) is 0 Å². The molecule has 168 valence electrons. The minimum absolute atomic E-state index is 0.172. The monoisotopic (exact) mass is 428 g/mol. The molecule has 30 heavy (non-hydrogen) atoms. The van der Waals surface area contributed by atoms with Gasteiger partial charge in [-0.05, 0) is 12.3 Å². The second kappa shape index (κ2) is 6.62. The van der Waals surface area contributed by atoms with Gasteiger partial charge in [0.05, 0.1) is 35.9 Å². The number of ether oxygens (including phenoxy) is 4. The van der Waals surface area contributed by atoms with E-state index in [1.807, 2.05) is 20.8 Å². The second-order valence-corrected chi connectivity index (χ2v) is 10.0. The Morgan fingerprint density at radius 1 is 1.20 bits per heavy atom. The van der Waals surface area contributed by atoms with E-state index in [0.717, 1.165) is 0 Å². The molecule has 0 amide bonds. The van der Waals surface area contributed by atoms with Crippen molar-refractivity contribution in [2.75, 3.05) is 6.61 Å². The predicted molar refractivity (Wildman–Crippen MR) is 96.3 cm³/mol. The quantitative estimate of drug-likeness (QED) is 0.293. The van der Waals surface area contributed by atoms with Crippen molar-refractivity contribution in [2.24, 2.45) is 28.1 Å². The molecule has 0 aromatic rings. The normalized spacial score (nSPS) is 48.7. The first-order valence-corrected chi connectivity index (χ1v) is 10.1. The summed E-state index contributed by atoms with van der Waals surface area (Å²) in [6, 6.07) is 0. The first-order chi connectivity index (χ1) is 13.9. The van der Waals surface area contributed by atoms with Crippen LogP contribution in [-0.4, -0.2) is 77.1 Å². The van der Waals surface area contributed by atoms with Gasteiger partial charge in [-0.25, -0.2) is 0 Å². The first kappa shape index (κ1) is 21.5. The SMILES string of the molecule is C[C@@H]1C(=O)OC([C@H](O)C23COC4OC(=O)CC42[C@H](C(C)(C)C)[C@@H](O)C3OC=O)[C@@H]1O. The fourth-order valence-corrected chi connectivity index (χ4v) is 6.54. The summed E-state index contributed by atoms with van der Waals surface area (Å²) in [5.74, 6) is -2.78. The molecular formula is C20H28O10. The molecule has 3 saturated heterocycles. The van der Waals surface area contributed by atoms with Crippen molar-refractivity contribution < 1.29 is 48.7 Å². The standard InChI is InChI=1S/C20H28O10/c1-8-10(23)12(30-16(8)26)14(25)20-6-27-17-19(20,5-9(22)29-17)13(18(2,3)4)11(24)15(20)28-7-21/h7-8,10-15,17,23-25H,5-6H2,1-4H3/t8-,10+,11+,12?,13-,14-,15?,17?,19?,20?/m0/s1. The third kappa shape index (κ3) is 2.41. The number of rotatable bonds is 4. The molecule has 0 aromatic carbocycles. The fourth-order valence-electron chi connectivity index (χ4n) is 6.54. The number of carbonyl (C=O) groups excluding carboxylic acids is 3. The third-order valence-electron chi connectivity index (χ3n) is 7.60. The molecule has 0 bridgehead atoms. The zero-order valence-electron chi connectivity index (χ0n) is 17.3. The molecule has 3 heterocycles. The van der Waals surface area contributed by atoms with Crippen LogP contribution in [0.2, 0.25) is 0 Å². The highest BCUT2D eigenvalue weighted by Crippen LogP contribution is 2.72. The van der Waals surface area contributed by atoms with E-state index < -0.39 is 76.8 Å². The zero-order chi connectivity index (χ0) is 22.2. The molecule has 3 aliphatic heterocycles. The van der Waals surface area contributed by atoms with Gasteiger partial charge in [0.2, 0.25) is 6.29 Å². The average molecular weight is 428 g/mol. The van der Waals surface area contributed by atoms with Gasteiger partial charge in [-0.1, -0.05) is 20.8 Å². The van der Waals surface area contributed by atoms with Crippen molar-refractivity contribution in [3.05, 3.63) is 0 Å². The molecule has 10 heteroatoms. The van der Waals surface area contributed by atoms with Gasteiger partial charge in [-0.15, -0.1) is 0 Å². The van der Waals surface area contributed by atoms with Gasteiger partial charge in [0.1, 0.15) is 18.3 Å². The molecule has 0 aromatic heterocycles. The van der Waals surface area contributed by atoms with Crippen molar-refractivity contribution in [3.8, 4) is 0 Å². The Morgan fingerprint density at radius 3 is 2.40 bits per heavy atom. The van der Waals surface area contributed by atoms with Crippen LogP contribution < -0.4 is 0 Å². The summed E-state index contributed by atoms with van der Waals surface area (Å²) in [6.07, 6.45) is -8.03. The summed E-state index contributed by atoms with van der Waals surface area (Å²) in [5.41, 5.74) is -3.41. The maximum atomic E-state index is 12.4. The number of carbonyl (C=O) groups is 3. The van der Waals surface area contributed by atoms with E-state index in [1.165, 1.54) is 6.92 Å². The minimum atomic E-state index is -1.59. The lowest BCUT2D eigenvalue weighted by Gasteiger charge is -2.47. The van der Waals surface area contributed by atoms with Crippen LogP contribution in [0.1, 0.15) is 34.1 Å². The molecule has 10 atom stereocenters. The Bertz CT molecular complexity index is 761. The molecule has 10 nitrogen and oxygen atoms in total. The lowest BCUT2D eigenvalue weighted by atomic mass is 9.54. The highest BCUT2D eigenvalue weighted by molar-refractivity contribution is 5.76. The number of esters is 2. The maximum absolute atomic E-state index is 12.4. The molecule has 4 rings (SSSR count). The van der Waals surface area contributed by atoms with Crippen molar-refractivity contribution in [1.29, 1.82) is 0 Å². The molecule has 3 N–H and O–H groups in total. The van der Waals surface area contributed by atoms with E-state index in [2.05, 4.69) is 0 Å². The number of aliphatic hydroxyl groups is 3. The van der Waals surface area contributed by atoms with Gasteiger partial charge in [0, 0.05) is 5.92 Å². The lowest BCUT2D eigenvalue weighted by Crippen LogP contribution is -2.60. The number of cyclic esters (lactones) is 1. The van der Waals surface area contributed by atoms with Gasteiger partial charge in [0.25, 0.3) is 6.47 Å². The van der Waals surface area contributed by atoms with E-state index in [1.54, 1.807) is 0 Å². The summed E-state index contributed by atoms with van der Waals surface area (Å²) in [7, 11) is 0. The number of hydrogen-bond acceptors (Lipinski definition) is 10. The highest BCUT2D eigenvalue weighted by atomic mass is 16.7. The summed E-state index contributed by atoms with van der Waals surface area (Å²) < 4.78 is 21.8. The summed E-state index contributed by atoms with van der Waals surface area (Å²) >= 11 is 0. The zero-order valence-corrected chi connectivity index (χ0v) is 17.3. The molecule has 5 unspecified atom stereocenters. The Kier molecular flexibility index (Phi) is 4.74. The number of aliphatic hydroxyl groups excluding tert-OH is 3. The molecule has 1 aliphatic carbocycles. The topological polar surface area (TPSA) is 149 Å². The van der Waals surface area contributed by atoms with Crippen LogP contribution in [0, 0.1) is 28.1 Å². The summed E-state index contributed by atoms with van der Waals surface area (Å²) in [5, 5.41) is 33.4. The summed E-state index contributed by atoms with van der Waals surface area (Å²) in [4.78, 5) is 35.8. The third-order valence-corrected chi connectivity index (χ3v) is 7.60. The molecule has 4 fully saturated rings. The van der Waals surface area contributed by atoms with Crippen LogP contribution in [0.25, 0.3) is 0 Å². The van der Waals surface area contributed by atoms with E-state index in [-0.39, 0.29) is 19.5 Å². The second-order valence-electron chi connectivity index (χ2n) is 10.0. The van der Waals surface area contributed by atoms with Crippen LogP contribution in [0.3, 0.4) is 0 Å². The van der Waals surface area contributed by atoms with Crippen LogP contribution >= 0.6 is 0 Å². The molecular weight excluding hydrogens is 400 g/mol. The Morgan fingerprint density at radius 2 is 1.87 bits per heavy atom. The Hall–Kier alpha value is -1.75. The van der Waals surface area contributed by atoms with Crippen LogP contribution in [-0.2, 0) is 33.3 Å². The Labute approximate surface area is 173 Å². The Balaban J connectivity index is 1.91.